The third kappa shape index (κ3) is 3.82. The highest BCUT2D eigenvalue weighted by molar-refractivity contribution is 7.88. The van der Waals surface area contributed by atoms with Gasteiger partial charge < -0.3 is 10.4 Å². The first-order chi connectivity index (χ1) is 9.77. The van der Waals surface area contributed by atoms with E-state index in [0.29, 0.717) is 17.0 Å². The molecule has 0 radical (unpaired) electrons. The lowest BCUT2D eigenvalue weighted by Crippen LogP contribution is -2.29. The van der Waals surface area contributed by atoms with Gasteiger partial charge in [0.1, 0.15) is 5.75 Å². The summed E-state index contributed by atoms with van der Waals surface area (Å²) in [4.78, 5) is 12.0. The van der Waals surface area contributed by atoms with Gasteiger partial charge in [-0.25, -0.2) is 0 Å². The second-order valence-electron chi connectivity index (χ2n) is 4.63. The summed E-state index contributed by atoms with van der Waals surface area (Å²) in [7, 11) is -3.70. The van der Waals surface area contributed by atoms with E-state index in [1.807, 2.05) is 0 Å². The summed E-state index contributed by atoms with van der Waals surface area (Å²) in [5, 5.41) is 12.0. The Labute approximate surface area is 122 Å². The van der Waals surface area contributed by atoms with Crippen LogP contribution in [0.3, 0.4) is 0 Å². The smallest absolute Gasteiger partial charge is 0.342 e. The van der Waals surface area contributed by atoms with Gasteiger partial charge in [-0.1, -0.05) is 6.07 Å². The minimum Gasteiger partial charge on any atom is -0.508 e. The predicted octanol–water partition coefficient (Wildman–Crippen LogP) is 1.30. The summed E-state index contributed by atoms with van der Waals surface area (Å²) in [5.74, 6) is -0.281. The van der Waals surface area contributed by atoms with E-state index in [4.69, 9.17) is 0 Å². The minimum atomic E-state index is -3.70. The molecule has 0 bridgehead atoms. The molecule has 3 N–H and O–H groups in total. The first-order valence-electron chi connectivity index (χ1n) is 6.15. The van der Waals surface area contributed by atoms with Crippen molar-refractivity contribution in [3.63, 3.8) is 0 Å². The Bertz CT molecular complexity index is 750. The van der Waals surface area contributed by atoms with Gasteiger partial charge in [-0.15, -0.1) is 4.40 Å². The zero-order chi connectivity index (χ0) is 15.6. The number of aromatic hydroxyl groups is 1. The number of hydrogen-bond acceptors (Lipinski definition) is 4. The van der Waals surface area contributed by atoms with E-state index in [1.54, 1.807) is 26.0 Å². The lowest BCUT2D eigenvalue weighted by Gasteiger charge is -2.17. The Hall–Kier alpha value is -2.35. The zero-order valence-corrected chi connectivity index (χ0v) is 12.4. The molecular weight excluding hydrogens is 294 g/mol. The van der Waals surface area contributed by atoms with Crippen LogP contribution < -0.4 is 10.0 Å². The number of hydrogen-bond donors (Lipinski definition) is 3. The number of phenolic OH excluding ortho intramolecular Hbond substituents is 1. The van der Waals surface area contributed by atoms with Crippen LogP contribution in [0.2, 0.25) is 0 Å². The largest absolute Gasteiger partial charge is 0.508 e. The van der Waals surface area contributed by atoms with Crippen molar-refractivity contribution in [1.29, 1.82) is 0 Å². The molecule has 1 aromatic rings. The van der Waals surface area contributed by atoms with Crippen LogP contribution in [-0.4, -0.2) is 25.1 Å². The monoisotopic (exact) mass is 309 g/mol. The van der Waals surface area contributed by atoms with E-state index in [9.17, 15) is 18.3 Å². The van der Waals surface area contributed by atoms with Crippen molar-refractivity contribution in [1.82, 2.24) is 4.72 Å². The molecule has 0 saturated heterocycles. The maximum atomic E-state index is 12.0. The van der Waals surface area contributed by atoms with Crippen molar-refractivity contribution in [3.8, 4) is 5.75 Å². The molecule has 112 valence electrons. The van der Waals surface area contributed by atoms with E-state index in [2.05, 4.69) is 14.4 Å². The number of carbonyl (C=O) groups is 1. The maximum Gasteiger partial charge on any atom is 0.342 e. The van der Waals surface area contributed by atoms with Crippen molar-refractivity contribution >= 4 is 27.5 Å². The molecule has 21 heavy (non-hydrogen) atoms. The maximum absolute atomic E-state index is 12.0. The molecule has 0 atom stereocenters. The molecule has 0 saturated carbocycles. The standard InChI is InChI=1S/C13H15N3O4S/c1-8-12(9(2)16-21(19,20)15-8)7-13(18)14-10-4-3-5-11(17)6-10/h3-6,15,17H,7H2,1-2H3,(H,14,18). The average molecular weight is 309 g/mol. The Kier molecular flexibility index (Phi) is 3.99. The van der Waals surface area contributed by atoms with Crippen LogP contribution in [0.15, 0.2) is 39.9 Å². The number of carbonyl (C=O) groups excluding carboxylic acids is 1. The quantitative estimate of drug-likeness (QED) is 0.782. The lowest BCUT2D eigenvalue weighted by atomic mass is 10.1. The first-order valence-corrected chi connectivity index (χ1v) is 7.59. The number of benzene rings is 1. The molecule has 1 aliphatic heterocycles. The normalized spacial score (nSPS) is 17.0. The van der Waals surface area contributed by atoms with E-state index in [1.165, 1.54) is 12.1 Å². The molecule has 1 heterocycles. The third-order valence-electron chi connectivity index (χ3n) is 2.90. The highest BCUT2D eigenvalue weighted by Gasteiger charge is 2.22. The highest BCUT2D eigenvalue weighted by atomic mass is 32.2. The molecule has 8 heteroatoms. The average Bonchev–Trinajstić information content (AvgIpc) is 2.32. The highest BCUT2D eigenvalue weighted by Crippen LogP contribution is 2.19. The summed E-state index contributed by atoms with van der Waals surface area (Å²) < 4.78 is 28.5. The summed E-state index contributed by atoms with van der Waals surface area (Å²) in [6.45, 7) is 3.12. The summed E-state index contributed by atoms with van der Waals surface area (Å²) in [6.07, 6.45) is -0.0145. The molecule has 2 rings (SSSR count). The van der Waals surface area contributed by atoms with Gasteiger partial charge in [0, 0.05) is 23.0 Å². The van der Waals surface area contributed by atoms with Crippen LogP contribution in [0.25, 0.3) is 0 Å². The number of phenols is 1. The fourth-order valence-electron chi connectivity index (χ4n) is 1.99. The zero-order valence-electron chi connectivity index (χ0n) is 11.5. The molecule has 1 amide bonds. The van der Waals surface area contributed by atoms with Gasteiger partial charge in [0.15, 0.2) is 0 Å². The van der Waals surface area contributed by atoms with E-state index in [0.717, 1.165) is 0 Å². The number of amides is 1. The first kappa shape index (κ1) is 15.0. The molecule has 1 aromatic carbocycles. The second kappa shape index (κ2) is 5.57. The summed E-state index contributed by atoms with van der Waals surface area (Å²) in [5.41, 5.74) is 1.66. The topological polar surface area (TPSA) is 108 Å². The molecular formula is C13H15N3O4S. The third-order valence-corrected chi connectivity index (χ3v) is 3.97. The Morgan fingerprint density at radius 3 is 2.71 bits per heavy atom. The molecule has 0 fully saturated rings. The van der Waals surface area contributed by atoms with E-state index < -0.39 is 10.2 Å². The number of allylic oxidation sites excluding steroid dienone is 1. The Morgan fingerprint density at radius 1 is 1.38 bits per heavy atom. The van der Waals surface area contributed by atoms with Crippen LogP contribution >= 0.6 is 0 Å². The van der Waals surface area contributed by atoms with Gasteiger partial charge in [-0.05, 0) is 26.0 Å². The summed E-state index contributed by atoms with van der Waals surface area (Å²) >= 11 is 0. The molecule has 7 nitrogen and oxygen atoms in total. The van der Waals surface area contributed by atoms with Crippen LogP contribution in [0.1, 0.15) is 20.3 Å². The van der Waals surface area contributed by atoms with Crippen molar-refractivity contribution in [3.05, 3.63) is 35.5 Å². The van der Waals surface area contributed by atoms with Gasteiger partial charge in [0.05, 0.1) is 12.1 Å². The van der Waals surface area contributed by atoms with Crippen LogP contribution in [0, 0.1) is 0 Å². The van der Waals surface area contributed by atoms with Gasteiger partial charge in [-0.3, -0.25) is 9.52 Å². The molecule has 1 aliphatic rings. The fraction of sp³-hybridized carbons (Fsp3) is 0.231. The lowest BCUT2D eigenvalue weighted by molar-refractivity contribution is -0.115. The van der Waals surface area contributed by atoms with Crippen LogP contribution in [0.4, 0.5) is 5.69 Å². The Balaban J connectivity index is 2.12. The van der Waals surface area contributed by atoms with Crippen LogP contribution in [0.5, 0.6) is 5.75 Å². The number of nitrogens with one attached hydrogen (secondary N) is 2. The van der Waals surface area contributed by atoms with E-state index in [-0.39, 0.29) is 23.8 Å². The minimum absolute atomic E-state index is 0.0145. The van der Waals surface area contributed by atoms with Crippen LogP contribution in [-0.2, 0) is 15.0 Å². The van der Waals surface area contributed by atoms with Crippen molar-refractivity contribution < 1.29 is 18.3 Å². The second-order valence-corrected chi connectivity index (χ2v) is 5.97. The fourth-order valence-corrected chi connectivity index (χ4v) is 3.02. The molecule has 0 spiro atoms. The van der Waals surface area contributed by atoms with Crippen molar-refractivity contribution in [2.75, 3.05) is 5.32 Å². The molecule has 0 unspecified atom stereocenters. The number of rotatable bonds is 3. The van der Waals surface area contributed by atoms with Gasteiger partial charge in [0.25, 0.3) is 0 Å². The van der Waals surface area contributed by atoms with Gasteiger partial charge >= 0.3 is 10.2 Å². The van der Waals surface area contributed by atoms with Crippen molar-refractivity contribution in [2.24, 2.45) is 4.40 Å². The van der Waals surface area contributed by atoms with Gasteiger partial charge in [0.2, 0.25) is 5.91 Å². The van der Waals surface area contributed by atoms with Crippen molar-refractivity contribution in [2.45, 2.75) is 20.3 Å². The SMILES string of the molecule is CC1=NS(=O)(=O)NC(C)=C1CC(=O)Nc1cccc(O)c1. The molecule has 0 aliphatic carbocycles. The van der Waals surface area contributed by atoms with Gasteiger partial charge in [-0.2, -0.15) is 8.42 Å². The number of anilines is 1. The summed E-state index contributed by atoms with van der Waals surface area (Å²) in [6, 6.07) is 6.17. The predicted molar refractivity (Wildman–Crippen MR) is 79.2 cm³/mol. The number of nitrogens with zero attached hydrogens (tertiary/aromatic N) is 1. The Morgan fingerprint density at radius 2 is 2.10 bits per heavy atom. The van der Waals surface area contributed by atoms with E-state index >= 15 is 0 Å². The molecule has 0 aromatic heterocycles.